The highest BCUT2D eigenvalue weighted by Crippen LogP contribution is 2.30. The predicted molar refractivity (Wildman–Crippen MR) is 99.6 cm³/mol. The minimum absolute atomic E-state index is 0.0380. The van der Waals surface area contributed by atoms with Gasteiger partial charge in [0.1, 0.15) is 0 Å². The Bertz CT molecular complexity index is 829. The van der Waals surface area contributed by atoms with Crippen molar-refractivity contribution >= 4 is 23.2 Å². The molecule has 26 heavy (non-hydrogen) atoms. The Balaban J connectivity index is 1.63. The van der Waals surface area contributed by atoms with Gasteiger partial charge >= 0.3 is 0 Å². The molecule has 3 N–H and O–H groups in total. The molecule has 0 spiro atoms. The SMILES string of the molecule is CC(=NNC(=O)C(O)c1ccccc1)c1cccc(NC(=O)C2CC2)c1. The molecule has 1 unspecified atom stereocenters. The van der Waals surface area contributed by atoms with Gasteiger partial charge in [0.2, 0.25) is 5.91 Å². The molecule has 0 heterocycles. The second kappa shape index (κ2) is 7.93. The summed E-state index contributed by atoms with van der Waals surface area (Å²) in [5.41, 5.74) is 4.92. The van der Waals surface area contributed by atoms with Crippen molar-refractivity contribution in [2.75, 3.05) is 5.32 Å². The predicted octanol–water partition coefficient (Wildman–Crippen LogP) is 2.61. The molecule has 0 radical (unpaired) electrons. The number of carbonyl (C=O) groups is 2. The van der Waals surface area contributed by atoms with Crippen molar-refractivity contribution in [3.05, 3.63) is 65.7 Å². The molecule has 2 aromatic carbocycles. The Morgan fingerprint density at radius 2 is 1.85 bits per heavy atom. The Morgan fingerprint density at radius 3 is 2.54 bits per heavy atom. The summed E-state index contributed by atoms with van der Waals surface area (Å²) >= 11 is 0. The van der Waals surface area contributed by atoms with Gasteiger partial charge in [-0.25, -0.2) is 5.43 Å². The molecule has 6 nitrogen and oxygen atoms in total. The number of nitrogens with zero attached hydrogens (tertiary/aromatic N) is 1. The van der Waals surface area contributed by atoms with Crippen LogP contribution in [0.15, 0.2) is 59.7 Å². The number of hydrogen-bond acceptors (Lipinski definition) is 4. The summed E-state index contributed by atoms with van der Waals surface area (Å²) in [6.45, 7) is 1.75. The van der Waals surface area contributed by atoms with Crippen LogP contribution in [0.4, 0.5) is 5.69 Å². The smallest absolute Gasteiger partial charge is 0.273 e. The monoisotopic (exact) mass is 351 g/mol. The first-order chi connectivity index (χ1) is 12.5. The molecule has 2 aromatic rings. The Kier molecular flexibility index (Phi) is 5.43. The summed E-state index contributed by atoms with van der Waals surface area (Å²) in [6.07, 6.45) is 0.612. The fourth-order valence-corrected chi connectivity index (χ4v) is 2.46. The first-order valence-electron chi connectivity index (χ1n) is 8.53. The molecule has 3 rings (SSSR count). The average Bonchev–Trinajstić information content (AvgIpc) is 3.51. The number of benzene rings is 2. The molecule has 0 aromatic heterocycles. The van der Waals surface area contributed by atoms with Crippen LogP contribution in [-0.2, 0) is 9.59 Å². The number of aliphatic hydroxyl groups excluding tert-OH is 1. The first kappa shape index (κ1) is 17.8. The molecule has 0 saturated heterocycles. The van der Waals surface area contributed by atoms with Gasteiger partial charge in [-0.2, -0.15) is 5.10 Å². The first-order valence-corrected chi connectivity index (χ1v) is 8.53. The van der Waals surface area contributed by atoms with Crippen molar-refractivity contribution in [3.8, 4) is 0 Å². The van der Waals surface area contributed by atoms with Crippen LogP contribution in [0, 0.1) is 5.92 Å². The van der Waals surface area contributed by atoms with Crippen LogP contribution in [0.5, 0.6) is 0 Å². The molecule has 1 aliphatic rings. The molecule has 0 bridgehead atoms. The van der Waals surface area contributed by atoms with Crippen molar-refractivity contribution in [1.82, 2.24) is 5.43 Å². The van der Waals surface area contributed by atoms with Gasteiger partial charge in [0.15, 0.2) is 6.10 Å². The highest BCUT2D eigenvalue weighted by molar-refractivity contribution is 6.01. The lowest BCUT2D eigenvalue weighted by molar-refractivity contribution is -0.129. The Hall–Kier alpha value is -2.99. The van der Waals surface area contributed by atoms with Gasteiger partial charge in [-0.3, -0.25) is 9.59 Å². The number of anilines is 1. The summed E-state index contributed by atoms with van der Waals surface area (Å²) in [5, 5.41) is 17.0. The number of amides is 2. The molecule has 1 saturated carbocycles. The number of carbonyl (C=O) groups excluding carboxylic acids is 2. The highest BCUT2D eigenvalue weighted by atomic mass is 16.3. The quantitative estimate of drug-likeness (QED) is 0.552. The highest BCUT2D eigenvalue weighted by Gasteiger charge is 2.29. The van der Waals surface area contributed by atoms with Crippen LogP contribution in [0.3, 0.4) is 0 Å². The second-order valence-corrected chi connectivity index (χ2v) is 6.33. The zero-order valence-corrected chi connectivity index (χ0v) is 14.5. The molecular weight excluding hydrogens is 330 g/mol. The lowest BCUT2D eigenvalue weighted by Gasteiger charge is -2.10. The number of hydrazone groups is 1. The Labute approximate surface area is 151 Å². The maximum absolute atomic E-state index is 12.0. The largest absolute Gasteiger partial charge is 0.378 e. The number of nitrogens with one attached hydrogen (secondary N) is 2. The lowest BCUT2D eigenvalue weighted by atomic mass is 10.1. The molecule has 134 valence electrons. The zero-order chi connectivity index (χ0) is 18.5. The third-order valence-corrected chi connectivity index (χ3v) is 4.19. The van der Waals surface area contributed by atoms with Crippen LogP contribution in [-0.4, -0.2) is 22.6 Å². The van der Waals surface area contributed by atoms with Crippen molar-refractivity contribution in [2.24, 2.45) is 11.0 Å². The van der Waals surface area contributed by atoms with Crippen LogP contribution in [0.25, 0.3) is 0 Å². The van der Waals surface area contributed by atoms with E-state index in [1.165, 1.54) is 0 Å². The minimum Gasteiger partial charge on any atom is -0.378 e. The van der Waals surface area contributed by atoms with Gasteiger partial charge in [0.25, 0.3) is 5.91 Å². The van der Waals surface area contributed by atoms with Crippen molar-refractivity contribution in [3.63, 3.8) is 0 Å². The molecule has 1 atom stereocenters. The average molecular weight is 351 g/mol. The van der Waals surface area contributed by atoms with Crippen molar-refractivity contribution in [1.29, 1.82) is 0 Å². The molecule has 1 fully saturated rings. The zero-order valence-electron chi connectivity index (χ0n) is 14.5. The van der Waals surface area contributed by atoms with E-state index in [-0.39, 0.29) is 11.8 Å². The maximum Gasteiger partial charge on any atom is 0.273 e. The maximum atomic E-state index is 12.0. The normalized spacial score (nSPS) is 15.2. The molecular formula is C20H21N3O3. The van der Waals surface area contributed by atoms with Gasteiger partial charge in [-0.1, -0.05) is 42.5 Å². The number of aliphatic hydroxyl groups is 1. The summed E-state index contributed by atoms with van der Waals surface area (Å²) in [5.74, 6) is -0.433. The topological polar surface area (TPSA) is 90.8 Å². The molecule has 6 heteroatoms. The molecule has 2 amide bonds. The number of hydrogen-bond donors (Lipinski definition) is 3. The van der Waals surface area contributed by atoms with E-state index in [0.717, 1.165) is 18.4 Å². The van der Waals surface area contributed by atoms with E-state index in [1.54, 1.807) is 37.3 Å². The van der Waals surface area contributed by atoms with E-state index in [2.05, 4.69) is 15.8 Å². The van der Waals surface area contributed by atoms with E-state index >= 15 is 0 Å². The molecule has 0 aliphatic heterocycles. The third kappa shape index (κ3) is 4.55. The third-order valence-electron chi connectivity index (χ3n) is 4.19. The summed E-state index contributed by atoms with van der Waals surface area (Å²) in [7, 11) is 0. The van der Waals surface area contributed by atoms with Gasteiger partial charge in [-0.05, 0) is 43.0 Å². The fraction of sp³-hybridized carbons (Fsp3) is 0.250. The minimum atomic E-state index is -1.28. The van der Waals surface area contributed by atoms with Crippen molar-refractivity contribution < 1.29 is 14.7 Å². The van der Waals surface area contributed by atoms with Crippen LogP contribution in [0.2, 0.25) is 0 Å². The second-order valence-electron chi connectivity index (χ2n) is 6.33. The van der Waals surface area contributed by atoms with E-state index in [1.807, 2.05) is 24.3 Å². The van der Waals surface area contributed by atoms with E-state index in [9.17, 15) is 14.7 Å². The molecule has 1 aliphatic carbocycles. The van der Waals surface area contributed by atoms with E-state index < -0.39 is 12.0 Å². The summed E-state index contributed by atoms with van der Waals surface area (Å²) in [6, 6.07) is 15.9. The fourth-order valence-electron chi connectivity index (χ4n) is 2.46. The van der Waals surface area contributed by atoms with Gasteiger partial charge in [0, 0.05) is 11.6 Å². The van der Waals surface area contributed by atoms with Gasteiger partial charge in [-0.15, -0.1) is 0 Å². The van der Waals surface area contributed by atoms with Crippen LogP contribution < -0.4 is 10.7 Å². The summed E-state index contributed by atoms with van der Waals surface area (Å²) in [4.78, 5) is 23.9. The van der Waals surface area contributed by atoms with Crippen LogP contribution in [0.1, 0.15) is 37.0 Å². The van der Waals surface area contributed by atoms with E-state index in [0.29, 0.717) is 17.0 Å². The van der Waals surface area contributed by atoms with Gasteiger partial charge in [0.05, 0.1) is 5.71 Å². The van der Waals surface area contributed by atoms with Crippen LogP contribution >= 0.6 is 0 Å². The standard InChI is InChI=1S/C20H21N3O3/c1-13(22-23-20(26)18(24)14-6-3-2-4-7-14)16-8-5-9-17(12-16)21-19(25)15-10-11-15/h2-9,12,15,18,24H,10-11H2,1H3,(H,21,25)(H,23,26). The Morgan fingerprint density at radius 1 is 1.12 bits per heavy atom. The van der Waals surface area contributed by atoms with Crippen molar-refractivity contribution in [2.45, 2.75) is 25.9 Å². The summed E-state index contributed by atoms with van der Waals surface area (Å²) < 4.78 is 0. The van der Waals surface area contributed by atoms with Gasteiger partial charge < -0.3 is 10.4 Å². The number of rotatable bonds is 6. The van der Waals surface area contributed by atoms with E-state index in [4.69, 9.17) is 0 Å². The lowest BCUT2D eigenvalue weighted by Crippen LogP contribution is -2.26.